The highest BCUT2D eigenvalue weighted by Gasteiger charge is 2.24. The number of carbonyl (C=O) groups is 2. The van der Waals surface area contributed by atoms with Gasteiger partial charge in [-0.05, 0) is 150 Å². The molecular weight excluding hydrogens is 1230 g/mol. The highest BCUT2D eigenvalue weighted by molar-refractivity contribution is 6.31. The van der Waals surface area contributed by atoms with Crippen LogP contribution in [0.1, 0.15) is 38.8 Å². The number of aromatic nitrogens is 8. The standard InChI is InChI=1S/C30H20N4O4.C19H19N5O3.C17H13ClN6O5/c1-3-37-15-6-12-23-22(13-15)32-28-18-8-10-20-25-17(7-9-19(26(18)25)29(35)33(23)28)27-31-21-11-5-16(38-4-2)14-24(21)34(27)30(20)36;1-10-4-6-14(11(2)8-10)23-24-17(12(3)25)18(26)20-13-5-7-15-16(9-13)22-19(27)21-15;1-8(25)15(23-22-12-4-2-9(18)6-14(12)24(28)29)16(26)19-10-3-5-11-13(7-10)21-17(27)20-11/h5-14H,3-4H2,1-2H3;4-9,25H,1-3H3,(H,20,26)(H2,21,22,27);2-7,25H,1H3,(H,19,26)(H2,20,21,27)/b;17-12+,24-23?;15-8+,23-22?. The number of aromatic amines is 4. The molecule has 0 aliphatic rings. The Bertz CT molecular complexity index is 5820. The molecule has 0 aliphatic carbocycles. The lowest BCUT2D eigenvalue weighted by Gasteiger charge is -2.12. The molecule has 0 aliphatic heterocycles. The third-order valence-corrected chi connectivity index (χ3v) is 15.3. The fraction of sp³-hybridized carbons (Fsp3) is 0.121. The molecule has 14 aromatic rings. The summed E-state index contributed by atoms with van der Waals surface area (Å²) in [6.07, 6.45) is 0. The van der Waals surface area contributed by atoms with E-state index >= 15 is 0 Å². The van der Waals surface area contributed by atoms with E-state index < -0.39 is 39.6 Å². The molecule has 0 fully saturated rings. The molecular formula is C66H52ClN15O12. The van der Waals surface area contributed by atoms with Crippen molar-refractivity contribution in [2.75, 3.05) is 23.8 Å². The van der Waals surface area contributed by atoms with Crippen LogP contribution >= 0.6 is 11.6 Å². The van der Waals surface area contributed by atoms with Gasteiger partial charge in [0, 0.05) is 66.9 Å². The highest BCUT2D eigenvalue weighted by atomic mass is 35.5. The van der Waals surface area contributed by atoms with Crippen molar-refractivity contribution < 1.29 is 34.2 Å². The van der Waals surface area contributed by atoms with Crippen molar-refractivity contribution in [3.8, 4) is 11.5 Å². The van der Waals surface area contributed by atoms with Gasteiger partial charge in [-0.2, -0.15) is 0 Å². The van der Waals surface area contributed by atoms with Gasteiger partial charge in [0.2, 0.25) is 0 Å². The van der Waals surface area contributed by atoms with Gasteiger partial charge in [-0.25, -0.2) is 19.6 Å². The number of aliphatic hydroxyl groups is 2. The number of nitro groups is 1. The maximum atomic E-state index is 13.9. The van der Waals surface area contributed by atoms with Crippen molar-refractivity contribution in [2.24, 2.45) is 20.5 Å². The number of amides is 2. The number of nitrogens with one attached hydrogen (secondary N) is 6. The maximum Gasteiger partial charge on any atom is 0.323 e. The van der Waals surface area contributed by atoms with Crippen LogP contribution in [0.2, 0.25) is 5.02 Å². The molecule has 14 rings (SSSR count). The number of allylic oxidation sites excluding steroid dienone is 2. The fourth-order valence-corrected chi connectivity index (χ4v) is 11.1. The van der Waals surface area contributed by atoms with Crippen molar-refractivity contribution in [2.45, 2.75) is 41.5 Å². The summed E-state index contributed by atoms with van der Waals surface area (Å²) < 4.78 is 14.6. The van der Waals surface area contributed by atoms with Crippen LogP contribution in [0, 0.1) is 24.0 Å². The van der Waals surface area contributed by atoms with Gasteiger partial charge < -0.3 is 50.3 Å². The normalized spacial score (nSPS) is 12.3. The molecule has 6 aromatic heterocycles. The summed E-state index contributed by atoms with van der Waals surface area (Å²) >= 11 is 5.74. The number of nitrogens with zero attached hydrogens (tertiary/aromatic N) is 9. The Morgan fingerprint density at radius 1 is 0.574 bits per heavy atom. The number of azo groups is 2. The molecule has 470 valence electrons. The topological polar surface area (TPSA) is 376 Å². The first-order chi connectivity index (χ1) is 45.2. The summed E-state index contributed by atoms with van der Waals surface area (Å²) in [5.74, 6) is -0.724. The summed E-state index contributed by atoms with van der Waals surface area (Å²) in [6.45, 7) is 11.4. The number of anilines is 2. The number of nitro benzene ring substituents is 1. The predicted molar refractivity (Wildman–Crippen MR) is 358 cm³/mol. The van der Waals surface area contributed by atoms with Crippen LogP contribution in [0.3, 0.4) is 0 Å². The molecule has 27 nitrogen and oxygen atoms in total. The van der Waals surface area contributed by atoms with E-state index in [4.69, 9.17) is 31.0 Å². The Kier molecular flexibility index (Phi) is 16.4. The van der Waals surface area contributed by atoms with Crippen LogP contribution in [0.25, 0.3) is 87.7 Å². The number of benzene rings is 8. The van der Waals surface area contributed by atoms with Crippen LogP contribution in [-0.2, 0) is 9.59 Å². The average molecular weight is 1280 g/mol. The molecule has 94 heavy (non-hydrogen) atoms. The number of hydrogen-bond donors (Lipinski definition) is 8. The molecule has 0 unspecified atom stereocenters. The zero-order valence-electron chi connectivity index (χ0n) is 50.5. The lowest BCUT2D eigenvalue weighted by molar-refractivity contribution is -0.384. The van der Waals surface area contributed by atoms with E-state index in [1.807, 2.05) is 100 Å². The van der Waals surface area contributed by atoms with Gasteiger partial charge in [-0.1, -0.05) is 29.3 Å². The Morgan fingerprint density at radius 2 is 1.06 bits per heavy atom. The van der Waals surface area contributed by atoms with Gasteiger partial charge in [-0.3, -0.25) is 38.1 Å². The molecule has 0 atom stereocenters. The second-order valence-corrected chi connectivity index (χ2v) is 21.9. The molecule has 0 saturated carbocycles. The van der Waals surface area contributed by atoms with E-state index in [9.17, 15) is 49.1 Å². The minimum absolute atomic E-state index is 0.140. The van der Waals surface area contributed by atoms with Gasteiger partial charge in [-0.15, -0.1) is 20.5 Å². The van der Waals surface area contributed by atoms with Crippen molar-refractivity contribution in [3.05, 3.63) is 224 Å². The van der Waals surface area contributed by atoms with Crippen LogP contribution in [0.5, 0.6) is 11.5 Å². The number of fused-ring (bicyclic) bond motifs is 10. The van der Waals surface area contributed by atoms with Crippen LogP contribution in [0.4, 0.5) is 28.4 Å². The Hall–Kier alpha value is -12.7. The molecule has 6 heterocycles. The molecule has 28 heteroatoms. The number of carbonyl (C=O) groups excluding carboxylic acids is 2. The molecule has 8 N–H and O–H groups in total. The quantitative estimate of drug-likeness (QED) is 0.0133. The molecule has 0 spiro atoms. The monoisotopic (exact) mass is 1280 g/mol. The minimum atomic E-state index is -0.803. The lowest BCUT2D eigenvalue weighted by atomic mass is 9.96. The molecule has 8 aromatic carbocycles. The van der Waals surface area contributed by atoms with Crippen molar-refractivity contribution in [1.82, 2.24) is 38.7 Å². The van der Waals surface area contributed by atoms with Gasteiger partial charge in [0.1, 0.15) is 34.3 Å². The number of aryl methyl sites for hydroxylation is 2. The lowest BCUT2D eigenvalue weighted by Crippen LogP contribution is -2.16. The number of ether oxygens (including phenoxy) is 2. The Morgan fingerprint density at radius 3 is 1.60 bits per heavy atom. The summed E-state index contributed by atoms with van der Waals surface area (Å²) in [5.41, 5.74) is 7.24. The van der Waals surface area contributed by atoms with Crippen molar-refractivity contribution in [3.63, 3.8) is 0 Å². The average Bonchev–Trinajstić information content (AvgIpc) is 1.47. The van der Waals surface area contributed by atoms with Gasteiger partial charge in [0.25, 0.3) is 28.6 Å². The van der Waals surface area contributed by atoms with E-state index in [-0.39, 0.29) is 39.0 Å². The fourth-order valence-electron chi connectivity index (χ4n) is 10.9. The first kappa shape index (κ1) is 61.6. The molecule has 0 saturated heterocycles. The third kappa shape index (κ3) is 11.8. The highest BCUT2D eigenvalue weighted by Crippen LogP contribution is 2.38. The van der Waals surface area contributed by atoms with E-state index in [1.165, 1.54) is 38.1 Å². The Labute approximate surface area is 531 Å². The van der Waals surface area contributed by atoms with E-state index in [0.29, 0.717) is 102 Å². The first-order valence-electron chi connectivity index (χ1n) is 28.9. The SMILES string of the molecule is C/C(O)=C(\N=Nc1ccc(C)cc1C)C(=O)Nc1ccc2[nH]c(=O)[nH]c2c1.C/C(O)=C(\N=Nc1ccc(Cl)cc1[N+](=O)[O-])C(=O)Nc1ccc2[nH]c(=O)[nH]c2c1.CCOc1ccc2c(c1)nc1c3ccc4c(=O)n5c6cc(OCC)ccc6nc5c5ccc(c(=O)n21)c3c45. The summed E-state index contributed by atoms with van der Waals surface area (Å²) in [4.78, 5) is 106. The molecule has 0 bridgehead atoms. The smallest absolute Gasteiger partial charge is 0.323 e. The Balaban J connectivity index is 0.000000138. The molecule has 2 amide bonds. The summed E-state index contributed by atoms with van der Waals surface area (Å²) in [7, 11) is 0. The summed E-state index contributed by atoms with van der Waals surface area (Å²) in [6, 6.07) is 37.5. The number of pyridine rings is 2. The van der Waals surface area contributed by atoms with E-state index in [0.717, 1.165) is 44.3 Å². The van der Waals surface area contributed by atoms with Gasteiger partial charge in [0.15, 0.2) is 17.1 Å². The zero-order chi connectivity index (χ0) is 66.4. The van der Waals surface area contributed by atoms with Gasteiger partial charge in [0.05, 0.1) is 68.0 Å². The zero-order valence-corrected chi connectivity index (χ0v) is 51.3. The van der Waals surface area contributed by atoms with Crippen molar-refractivity contribution >= 4 is 140 Å². The van der Waals surface area contributed by atoms with E-state index in [2.05, 4.69) is 51.0 Å². The van der Waals surface area contributed by atoms with Gasteiger partial charge >= 0.3 is 11.4 Å². The minimum Gasteiger partial charge on any atom is -0.510 e. The number of halogens is 1. The van der Waals surface area contributed by atoms with Crippen LogP contribution in [0.15, 0.2) is 196 Å². The predicted octanol–water partition coefficient (Wildman–Crippen LogP) is 13.1. The van der Waals surface area contributed by atoms with Crippen LogP contribution in [-0.4, -0.2) is 78.9 Å². The summed E-state index contributed by atoms with van der Waals surface area (Å²) in [5, 5.41) is 55.6. The largest absolute Gasteiger partial charge is 0.510 e. The third-order valence-electron chi connectivity index (χ3n) is 15.0. The number of rotatable bonds is 13. The second kappa shape index (κ2) is 25.0. The van der Waals surface area contributed by atoms with Crippen molar-refractivity contribution in [1.29, 1.82) is 0 Å². The van der Waals surface area contributed by atoms with Crippen LogP contribution < -0.4 is 42.6 Å². The number of H-pyrrole nitrogens is 4. The number of imidazole rings is 4. The maximum absolute atomic E-state index is 13.9. The first-order valence-corrected chi connectivity index (χ1v) is 29.3. The van der Waals surface area contributed by atoms with E-state index in [1.54, 1.807) is 39.1 Å². The number of aliphatic hydroxyl groups excluding tert-OH is 2. The molecule has 0 radical (unpaired) electrons. The second-order valence-electron chi connectivity index (χ2n) is 21.4. The number of hydrogen-bond acceptors (Lipinski definition) is 18.